The van der Waals surface area contributed by atoms with Crippen LogP contribution in [0.5, 0.6) is 0 Å². The van der Waals surface area contributed by atoms with Crippen LogP contribution in [-0.2, 0) is 4.79 Å². The number of aromatic nitrogens is 2. The van der Waals surface area contributed by atoms with Crippen molar-refractivity contribution in [3.63, 3.8) is 0 Å². The molecule has 2 aromatic heterocycles. The van der Waals surface area contributed by atoms with Gasteiger partial charge in [-0.25, -0.2) is 9.36 Å². The first-order valence-corrected chi connectivity index (χ1v) is 10.3. The average Bonchev–Trinajstić information content (AvgIpc) is 3.27. The van der Waals surface area contributed by atoms with E-state index in [1.807, 2.05) is 12.1 Å². The molecule has 0 bridgehead atoms. The van der Waals surface area contributed by atoms with Crippen LogP contribution < -0.4 is 16.0 Å². The molecule has 0 aliphatic heterocycles. The molecule has 4 rings (SSSR count). The van der Waals surface area contributed by atoms with Crippen LogP contribution in [0.1, 0.15) is 17.3 Å². The highest BCUT2D eigenvalue weighted by Gasteiger charge is 2.16. The van der Waals surface area contributed by atoms with Gasteiger partial charge in [0.25, 0.3) is 5.91 Å². The Bertz CT molecular complexity index is 1370. The maximum absolute atomic E-state index is 13.1. The van der Waals surface area contributed by atoms with Crippen molar-refractivity contribution in [3.05, 3.63) is 90.0 Å². The first-order chi connectivity index (χ1) is 15.9. The molecule has 2 aromatic carbocycles. The third kappa shape index (κ3) is 4.44. The van der Waals surface area contributed by atoms with Gasteiger partial charge < -0.3 is 16.0 Å². The molecule has 0 saturated carbocycles. The second-order valence-corrected chi connectivity index (χ2v) is 7.65. The second kappa shape index (κ2) is 8.94. The Morgan fingerprint density at radius 3 is 2.45 bits per heavy atom. The normalized spacial score (nSPS) is 11.6. The maximum Gasteiger partial charge on any atom is 0.258 e. The van der Waals surface area contributed by atoms with Crippen LogP contribution in [-0.4, -0.2) is 34.5 Å². The fourth-order valence-corrected chi connectivity index (χ4v) is 3.39. The predicted molar refractivity (Wildman–Crippen MR) is 128 cm³/mol. The van der Waals surface area contributed by atoms with E-state index in [4.69, 9.17) is 12.3 Å². The third-order valence-corrected chi connectivity index (χ3v) is 5.32. The molecular formula is C25H22N6O2. The molecule has 0 aliphatic carbocycles. The van der Waals surface area contributed by atoms with Gasteiger partial charge in [0.1, 0.15) is 0 Å². The highest BCUT2D eigenvalue weighted by molar-refractivity contribution is 6.07. The molecule has 164 valence electrons. The van der Waals surface area contributed by atoms with Crippen molar-refractivity contribution in [3.8, 4) is 11.1 Å². The number of amides is 2. The Balaban J connectivity index is 1.61. The molecular weight excluding hydrogens is 416 g/mol. The fourth-order valence-electron chi connectivity index (χ4n) is 3.39. The number of nitrogens with one attached hydrogen (secondary N) is 1. The van der Waals surface area contributed by atoms with Crippen LogP contribution in [0.3, 0.4) is 0 Å². The molecule has 0 fully saturated rings. The number of carbonyl (C=O) groups is 2. The summed E-state index contributed by atoms with van der Waals surface area (Å²) in [5.74, 6) is -0.427. The topological polar surface area (TPSA) is 97.1 Å². The lowest BCUT2D eigenvalue weighted by atomic mass is 10.1. The number of nitrogens with two attached hydrogens (primary N) is 1. The smallest absolute Gasteiger partial charge is 0.258 e. The van der Waals surface area contributed by atoms with Crippen molar-refractivity contribution in [2.24, 2.45) is 5.73 Å². The van der Waals surface area contributed by atoms with Crippen molar-refractivity contribution in [1.29, 1.82) is 0 Å². The van der Waals surface area contributed by atoms with Gasteiger partial charge in [0, 0.05) is 35.7 Å². The predicted octanol–water partition coefficient (Wildman–Crippen LogP) is 4.11. The summed E-state index contributed by atoms with van der Waals surface area (Å²) in [7, 11) is 1.70. The van der Waals surface area contributed by atoms with E-state index in [0.717, 1.165) is 16.6 Å². The van der Waals surface area contributed by atoms with E-state index in [2.05, 4.69) is 15.3 Å². The zero-order valence-electron chi connectivity index (χ0n) is 18.2. The first-order valence-electron chi connectivity index (χ1n) is 10.3. The van der Waals surface area contributed by atoms with Gasteiger partial charge in [-0.1, -0.05) is 24.3 Å². The van der Waals surface area contributed by atoms with Gasteiger partial charge in [0.2, 0.25) is 5.91 Å². The standard InChI is InChI=1S/C25H22N6O2/c1-16(26)24(32)29-20-6-4-17(5-7-20)22-15-28-31-13-12-18(14-23(22)31)25(33)30(3)21-10-8-19(27-2)9-11-21/h4-16H,26H2,1,3H3,(H,29,32)/t16-/m1/s1. The number of rotatable bonds is 5. The summed E-state index contributed by atoms with van der Waals surface area (Å²) < 4.78 is 1.71. The van der Waals surface area contributed by atoms with E-state index >= 15 is 0 Å². The van der Waals surface area contributed by atoms with E-state index in [0.29, 0.717) is 22.6 Å². The molecule has 3 N–H and O–H groups in total. The maximum atomic E-state index is 13.1. The van der Waals surface area contributed by atoms with Gasteiger partial charge in [0.15, 0.2) is 5.69 Å². The van der Waals surface area contributed by atoms with Crippen LogP contribution in [0, 0.1) is 6.57 Å². The van der Waals surface area contributed by atoms with Crippen LogP contribution >= 0.6 is 0 Å². The van der Waals surface area contributed by atoms with Crippen LogP contribution in [0.2, 0.25) is 0 Å². The Labute approximate surface area is 191 Å². The van der Waals surface area contributed by atoms with Crippen LogP contribution in [0.25, 0.3) is 21.5 Å². The van der Waals surface area contributed by atoms with Gasteiger partial charge in [-0.2, -0.15) is 5.10 Å². The zero-order chi connectivity index (χ0) is 23.5. The minimum atomic E-state index is -0.594. The van der Waals surface area contributed by atoms with Crippen LogP contribution in [0.4, 0.5) is 17.1 Å². The fraction of sp³-hybridized carbons (Fsp3) is 0.120. The lowest BCUT2D eigenvalue weighted by Gasteiger charge is -2.17. The number of benzene rings is 2. The van der Waals surface area contributed by atoms with Gasteiger partial charge in [0.05, 0.1) is 24.3 Å². The van der Waals surface area contributed by atoms with E-state index in [1.165, 1.54) is 0 Å². The van der Waals surface area contributed by atoms with E-state index < -0.39 is 6.04 Å². The lowest BCUT2D eigenvalue weighted by molar-refractivity contribution is -0.117. The summed E-state index contributed by atoms with van der Waals surface area (Å²) in [4.78, 5) is 29.8. The summed E-state index contributed by atoms with van der Waals surface area (Å²) >= 11 is 0. The number of carbonyl (C=O) groups excluding carboxylic acids is 2. The summed E-state index contributed by atoms with van der Waals surface area (Å²) in [6, 6.07) is 17.2. The number of anilines is 2. The van der Waals surface area contributed by atoms with Crippen molar-refractivity contribution in [1.82, 2.24) is 9.61 Å². The van der Waals surface area contributed by atoms with Gasteiger partial charge >= 0.3 is 0 Å². The molecule has 2 amide bonds. The molecule has 0 aliphatic rings. The first kappa shape index (κ1) is 21.7. The molecule has 1 atom stereocenters. The molecule has 0 saturated heterocycles. The molecule has 33 heavy (non-hydrogen) atoms. The van der Waals surface area contributed by atoms with Crippen molar-refractivity contribution in [2.75, 3.05) is 17.3 Å². The summed E-state index contributed by atoms with van der Waals surface area (Å²) in [6.07, 6.45) is 3.49. The minimum Gasteiger partial charge on any atom is -0.325 e. The third-order valence-electron chi connectivity index (χ3n) is 5.32. The van der Waals surface area contributed by atoms with Gasteiger partial charge in [-0.3, -0.25) is 9.59 Å². The summed E-state index contributed by atoms with van der Waals surface area (Å²) in [5, 5.41) is 7.15. The molecule has 4 aromatic rings. The number of hydrogen-bond donors (Lipinski definition) is 2. The van der Waals surface area contributed by atoms with Crippen molar-refractivity contribution < 1.29 is 9.59 Å². The molecule has 8 heteroatoms. The second-order valence-electron chi connectivity index (χ2n) is 7.65. The Morgan fingerprint density at radius 1 is 1.12 bits per heavy atom. The molecule has 0 radical (unpaired) electrons. The van der Waals surface area contributed by atoms with E-state index in [1.54, 1.807) is 84.3 Å². The molecule has 0 unspecified atom stereocenters. The summed E-state index contributed by atoms with van der Waals surface area (Å²) in [5.41, 5.74) is 10.5. The minimum absolute atomic E-state index is 0.172. The number of hydrogen-bond acceptors (Lipinski definition) is 4. The summed E-state index contributed by atoms with van der Waals surface area (Å²) in [6.45, 7) is 8.69. The monoisotopic (exact) mass is 438 g/mol. The number of fused-ring (bicyclic) bond motifs is 1. The van der Waals surface area contributed by atoms with Gasteiger partial charge in [-0.05, 0) is 48.9 Å². The SMILES string of the molecule is [C-]#[N+]c1ccc(N(C)C(=O)c2ccn3ncc(-c4ccc(NC(=O)[C@@H](C)N)cc4)c3c2)cc1. The van der Waals surface area contributed by atoms with Crippen LogP contribution in [0.15, 0.2) is 73.1 Å². The Morgan fingerprint density at radius 2 is 1.82 bits per heavy atom. The molecule has 2 heterocycles. The number of pyridine rings is 1. The molecule has 8 nitrogen and oxygen atoms in total. The van der Waals surface area contributed by atoms with Crippen molar-refractivity contribution in [2.45, 2.75) is 13.0 Å². The highest BCUT2D eigenvalue weighted by Crippen LogP contribution is 2.27. The quantitative estimate of drug-likeness (QED) is 0.458. The lowest BCUT2D eigenvalue weighted by Crippen LogP contribution is -2.32. The average molecular weight is 438 g/mol. The van der Waals surface area contributed by atoms with Crippen molar-refractivity contribution >= 4 is 34.4 Å². The number of nitrogens with zero attached hydrogens (tertiary/aromatic N) is 4. The Hall–Kier alpha value is -4.48. The molecule has 0 spiro atoms. The Kier molecular flexibility index (Phi) is 5.89. The highest BCUT2D eigenvalue weighted by atomic mass is 16.2. The van der Waals surface area contributed by atoms with Gasteiger partial charge in [-0.15, -0.1) is 0 Å². The zero-order valence-corrected chi connectivity index (χ0v) is 18.2. The van der Waals surface area contributed by atoms with E-state index in [9.17, 15) is 9.59 Å². The van der Waals surface area contributed by atoms with E-state index in [-0.39, 0.29) is 11.8 Å². The largest absolute Gasteiger partial charge is 0.325 e.